The van der Waals surface area contributed by atoms with Crippen LogP contribution in [0.4, 0.5) is 4.79 Å². The number of nitrogens with zero attached hydrogens (tertiary/aromatic N) is 2. The lowest BCUT2D eigenvalue weighted by Crippen LogP contribution is -2.51. The minimum absolute atomic E-state index is 0.263. The van der Waals surface area contributed by atoms with Crippen molar-refractivity contribution in [2.75, 3.05) is 53.0 Å². The Kier molecular flexibility index (Phi) is 7.48. The van der Waals surface area contributed by atoms with Gasteiger partial charge in [0.15, 0.2) is 0 Å². The number of nitrogens with one attached hydrogen (secondary N) is 2. The molecule has 30 heavy (non-hydrogen) atoms. The van der Waals surface area contributed by atoms with Crippen molar-refractivity contribution in [3.8, 4) is 5.75 Å². The van der Waals surface area contributed by atoms with E-state index in [0.717, 1.165) is 38.3 Å². The van der Waals surface area contributed by atoms with Gasteiger partial charge in [0.1, 0.15) is 5.75 Å². The summed E-state index contributed by atoms with van der Waals surface area (Å²) >= 11 is 0. The molecule has 2 N–H and O–H groups in total. The SMILES string of the molecule is C=CCN1CCN(CC2=C(C(=O)OCC)C(c3ccc(OC)cc3)NC(=O)N2)CC1. The second-order valence-corrected chi connectivity index (χ2v) is 7.28. The van der Waals surface area contributed by atoms with Gasteiger partial charge in [-0.25, -0.2) is 9.59 Å². The number of carbonyl (C=O) groups is 2. The maximum Gasteiger partial charge on any atom is 0.338 e. The Labute approximate surface area is 177 Å². The van der Waals surface area contributed by atoms with Crippen LogP contribution in [-0.2, 0) is 9.53 Å². The minimum atomic E-state index is -0.583. The van der Waals surface area contributed by atoms with Gasteiger partial charge in [0.25, 0.3) is 0 Å². The van der Waals surface area contributed by atoms with E-state index in [2.05, 4.69) is 27.0 Å². The first-order valence-corrected chi connectivity index (χ1v) is 10.2. The summed E-state index contributed by atoms with van der Waals surface area (Å²) < 4.78 is 10.5. The Bertz CT molecular complexity index is 798. The van der Waals surface area contributed by atoms with Gasteiger partial charge in [0, 0.05) is 45.0 Å². The predicted molar refractivity (Wildman–Crippen MR) is 114 cm³/mol. The number of hydrogen-bond acceptors (Lipinski definition) is 6. The molecular weight excluding hydrogens is 384 g/mol. The zero-order valence-electron chi connectivity index (χ0n) is 17.6. The summed E-state index contributed by atoms with van der Waals surface area (Å²) in [4.78, 5) is 29.8. The molecule has 2 heterocycles. The van der Waals surface area contributed by atoms with Crippen molar-refractivity contribution in [2.24, 2.45) is 0 Å². The van der Waals surface area contributed by atoms with Crippen LogP contribution in [0.3, 0.4) is 0 Å². The number of esters is 1. The molecule has 0 aliphatic carbocycles. The lowest BCUT2D eigenvalue weighted by atomic mass is 9.94. The number of ether oxygens (including phenoxy) is 2. The molecule has 0 radical (unpaired) electrons. The number of hydrogen-bond donors (Lipinski definition) is 2. The molecule has 2 aliphatic heterocycles. The van der Waals surface area contributed by atoms with Gasteiger partial charge in [-0.1, -0.05) is 18.2 Å². The molecular formula is C22H30N4O4. The van der Waals surface area contributed by atoms with Gasteiger partial charge in [-0.15, -0.1) is 6.58 Å². The number of benzene rings is 1. The fraction of sp³-hybridized carbons (Fsp3) is 0.455. The maximum absolute atomic E-state index is 12.9. The third kappa shape index (κ3) is 5.20. The molecule has 2 aliphatic rings. The van der Waals surface area contributed by atoms with E-state index in [1.807, 2.05) is 30.3 Å². The third-order valence-electron chi connectivity index (χ3n) is 5.33. The number of urea groups is 1. The molecule has 2 amide bonds. The summed E-state index contributed by atoms with van der Waals surface area (Å²) in [6, 6.07) is 6.40. The van der Waals surface area contributed by atoms with E-state index in [0.29, 0.717) is 23.6 Å². The molecule has 0 bridgehead atoms. The van der Waals surface area contributed by atoms with Crippen LogP contribution in [-0.4, -0.2) is 74.8 Å². The van der Waals surface area contributed by atoms with Crippen molar-refractivity contribution >= 4 is 12.0 Å². The molecule has 0 saturated carbocycles. The number of amides is 2. The van der Waals surface area contributed by atoms with E-state index < -0.39 is 12.0 Å². The van der Waals surface area contributed by atoms with E-state index in [1.165, 1.54) is 0 Å². The highest BCUT2D eigenvalue weighted by atomic mass is 16.5. The highest BCUT2D eigenvalue weighted by Crippen LogP contribution is 2.29. The van der Waals surface area contributed by atoms with E-state index in [-0.39, 0.29) is 12.6 Å². The third-order valence-corrected chi connectivity index (χ3v) is 5.33. The molecule has 1 aromatic rings. The molecule has 1 unspecified atom stereocenters. The molecule has 0 spiro atoms. The molecule has 162 valence electrons. The summed E-state index contributed by atoms with van der Waals surface area (Å²) in [6.07, 6.45) is 1.91. The molecule has 8 nitrogen and oxygen atoms in total. The largest absolute Gasteiger partial charge is 0.497 e. The summed E-state index contributed by atoms with van der Waals surface area (Å²) in [7, 11) is 1.60. The maximum atomic E-state index is 12.9. The van der Waals surface area contributed by atoms with E-state index >= 15 is 0 Å². The Balaban J connectivity index is 1.87. The van der Waals surface area contributed by atoms with Gasteiger partial charge in [0.05, 0.1) is 25.3 Å². The Morgan fingerprint density at radius 2 is 1.87 bits per heavy atom. The van der Waals surface area contributed by atoms with Crippen LogP contribution >= 0.6 is 0 Å². The van der Waals surface area contributed by atoms with Gasteiger partial charge < -0.3 is 20.1 Å². The Morgan fingerprint density at radius 3 is 2.47 bits per heavy atom. The highest BCUT2D eigenvalue weighted by molar-refractivity contribution is 5.95. The Hall–Kier alpha value is -2.84. The first kappa shape index (κ1) is 21.9. The summed E-state index contributed by atoms with van der Waals surface area (Å²) in [6.45, 7) is 10.7. The van der Waals surface area contributed by atoms with E-state index in [4.69, 9.17) is 9.47 Å². The number of piperazine rings is 1. The van der Waals surface area contributed by atoms with Crippen molar-refractivity contribution in [3.05, 3.63) is 53.8 Å². The fourth-order valence-electron chi connectivity index (χ4n) is 3.78. The van der Waals surface area contributed by atoms with Crippen LogP contribution in [0.25, 0.3) is 0 Å². The summed E-state index contributed by atoms with van der Waals surface area (Å²) in [5.41, 5.74) is 1.83. The van der Waals surface area contributed by atoms with Crippen molar-refractivity contribution < 1.29 is 19.1 Å². The van der Waals surface area contributed by atoms with E-state index in [9.17, 15) is 9.59 Å². The monoisotopic (exact) mass is 414 g/mol. The van der Waals surface area contributed by atoms with Gasteiger partial charge in [0.2, 0.25) is 0 Å². The number of rotatable bonds is 8. The normalized spacial score (nSPS) is 20.3. The van der Waals surface area contributed by atoms with Crippen molar-refractivity contribution in [1.82, 2.24) is 20.4 Å². The van der Waals surface area contributed by atoms with E-state index in [1.54, 1.807) is 14.0 Å². The smallest absolute Gasteiger partial charge is 0.338 e. The fourth-order valence-corrected chi connectivity index (χ4v) is 3.78. The second-order valence-electron chi connectivity index (χ2n) is 7.28. The average Bonchev–Trinajstić information content (AvgIpc) is 2.75. The first-order valence-electron chi connectivity index (χ1n) is 10.2. The lowest BCUT2D eigenvalue weighted by Gasteiger charge is -2.36. The molecule has 1 fully saturated rings. The minimum Gasteiger partial charge on any atom is -0.497 e. The Morgan fingerprint density at radius 1 is 1.20 bits per heavy atom. The van der Waals surface area contributed by atoms with Crippen LogP contribution in [0.5, 0.6) is 5.75 Å². The molecule has 1 aromatic carbocycles. The molecule has 1 atom stereocenters. The zero-order chi connectivity index (χ0) is 21.5. The van der Waals surface area contributed by atoms with Gasteiger partial charge in [-0.05, 0) is 24.6 Å². The molecule has 8 heteroatoms. The molecule has 3 rings (SSSR count). The first-order chi connectivity index (χ1) is 14.5. The average molecular weight is 415 g/mol. The van der Waals surface area contributed by atoms with Crippen LogP contribution < -0.4 is 15.4 Å². The van der Waals surface area contributed by atoms with Gasteiger partial charge in [-0.3, -0.25) is 9.80 Å². The quantitative estimate of drug-likeness (QED) is 0.497. The van der Waals surface area contributed by atoms with Gasteiger partial charge in [-0.2, -0.15) is 0 Å². The topological polar surface area (TPSA) is 83.1 Å². The van der Waals surface area contributed by atoms with Crippen molar-refractivity contribution in [3.63, 3.8) is 0 Å². The van der Waals surface area contributed by atoms with Gasteiger partial charge >= 0.3 is 12.0 Å². The number of carbonyl (C=O) groups excluding carboxylic acids is 2. The lowest BCUT2D eigenvalue weighted by molar-refractivity contribution is -0.139. The van der Waals surface area contributed by atoms with Crippen LogP contribution in [0.2, 0.25) is 0 Å². The van der Waals surface area contributed by atoms with Crippen LogP contribution in [0, 0.1) is 0 Å². The van der Waals surface area contributed by atoms with Crippen molar-refractivity contribution in [2.45, 2.75) is 13.0 Å². The standard InChI is InChI=1S/C22H30N4O4/c1-4-10-25-11-13-26(14-12-25)15-18-19(21(27)30-5-2)20(24-22(28)23-18)16-6-8-17(29-3)9-7-16/h4,6-9,20H,1,5,10-15H2,2-3H3,(H2,23,24,28). The molecule has 1 saturated heterocycles. The van der Waals surface area contributed by atoms with Crippen LogP contribution in [0.1, 0.15) is 18.5 Å². The van der Waals surface area contributed by atoms with Crippen molar-refractivity contribution in [1.29, 1.82) is 0 Å². The predicted octanol–water partition coefficient (Wildman–Crippen LogP) is 1.67. The van der Waals surface area contributed by atoms with Crippen LogP contribution in [0.15, 0.2) is 48.2 Å². The highest BCUT2D eigenvalue weighted by Gasteiger charge is 2.34. The summed E-state index contributed by atoms with van der Waals surface area (Å²) in [5, 5.41) is 5.71. The zero-order valence-corrected chi connectivity index (χ0v) is 17.6. The summed E-state index contributed by atoms with van der Waals surface area (Å²) in [5.74, 6) is 0.282. The molecule has 0 aromatic heterocycles. The number of methoxy groups -OCH3 is 1. The second kappa shape index (κ2) is 10.3.